The van der Waals surface area contributed by atoms with Gasteiger partial charge in [-0.15, -0.1) is 0 Å². The number of hydrogen-bond acceptors (Lipinski definition) is 2. The van der Waals surface area contributed by atoms with Crippen LogP contribution in [0.4, 0.5) is 8.78 Å². The van der Waals surface area contributed by atoms with Crippen molar-refractivity contribution in [3.8, 4) is 0 Å². The van der Waals surface area contributed by atoms with Gasteiger partial charge in [-0.2, -0.15) is 0 Å². The van der Waals surface area contributed by atoms with Crippen molar-refractivity contribution in [1.82, 2.24) is 0 Å². The molecule has 1 atom stereocenters. The van der Waals surface area contributed by atoms with Crippen LogP contribution in [-0.4, -0.2) is 20.1 Å². The van der Waals surface area contributed by atoms with Crippen molar-refractivity contribution >= 4 is 19.7 Å². The third-order valence-corrected chi connectivity index (χ3v) is 3.06. The summed E-state index contributed by atoms with van der Waals surface area (Å²) in [4.78, 5) is 0. The highest BCUT2D eigenvalue weighted by Gasteiger charge is 2.21. The molecule has 0 aliphatic heterocycles. The van der Waals surface area contributed by atoms with Gasteiger partial charge in [0.15, 0.2) is 0 Å². The first-order valence-corrected chi connectivity index (χ1v) is 4.93. The molecule has 0 radical (unpaired) electrons. The molecule has 0 aliphatic carbocycles. The molecule has 0 spiro atoms. The van der Waals surface area contributed by atoms with Gasteiger partial charge >= 0.3 is 0 Å². The maximum Gasteiger partial charge on any atom is 0.239 e. The average molecular weight is 193 g/mol. The zero-order chi connectivity index (χ0) is 8.36. The van der Waals surface area contributed by atoms with Gasteiger partial charge in [0, 0.05) is 17.1 Å². The fourth-order valence-electron chi connectivity index (χ4n) is 0.366. The van der Waals surface area contributed by atoms with Gasteiger partial charge in [-0.05, 0) is 6.92 Å². The van der Waals surface area contributed by atoms with Crippen LogP contribution >= 0.6 is 10.7 Å². The van der Waals surface area contributed by atoms with Gasteiger partial charge in [-0.1, -0.05) is 0 Å². The van der Waals surface area contributed by atoms with Gasteiger partial charge in [-0.25, -0.2) is 17.2 Å². The van der Waals surface area contributed by atoms with E-state index in [9.17, 15) is 17.2 Å². The maximum absolute atomic E-state index is 11.5. The molecule has 0 fully saturated rings. The second-order valence-electron chi connectivity index (χ2n) is 1.91. The van der Waals surface area contributed by atoms with Crippen molar-refractivity contribution in [2.24, 2.45) is 0 Å². The molecule has 0 aliphatic rings. The van der Waals surface area contributed by atoms with E-state index >= 15 is 0 Å². The van der Waals surface area contributed by atoms with Crippen molar-refractivity contribution in [3.63, 3.8) is 0 Å². The van der Waals surface area contributed by atoms with Crippen LogP contribution in [0.3, 0.4) is 0 Å². The van der Waals surface area contributed by atoms with E-state index in [4.69, 9.17) is 10.7 Å². The number of hydrogen-bond donors (Lipinski definition) is 0. The van der Waals surface area contributed by atoms with E-state index < -0.39 is 27.1 Å². The third kappa shape index (κ3) is 4.00. The largest absolute Gasteiger partial charge is 0.239 e. The molecular formula is C4H7ClF2O2S. The summed E-state index contributed by atoms with van der Waals surface area (Å²) in [5.74, 6) is 0. The van der Waals surface area contributed by atoms with Crippen LogP contribution in [0.25, 0.3) is 0 Å². The molecule has 0 saturated carbocycles. The normalized spacial score (nSPS) is 15.7. The van der Waals surface area contributed by atoms with Gasteiger partial charge < -0.3 is 0 Å². The van der Waals surface area contributed by atoms with Gasteiger partial charge in [0.05, 0.1) is 5.25 Å². The Hall–Kier alpha value is 0.1000. The summed E-state index contributed by atoms with van der Waals surface area (Å²) in [6, 6.07) is 0. The molecule has 0 heterocycles. The minimum atomic E-state index is -3.81. The SMILES string of the molecule is CC(CC(F)F)S(=O)(=O)Cl. The molecule has 0 aromatic carbocycles. The summed E-state index contributed by atoms with van der Waals surface area (Å²) in [7, 11) is 0.961. The molecule has 10 heavy (non-hydrogen) atoms. The maximum atomic E-state index is 11.5. The van der Waals surface area contributed by atoms with Crippen LogP contribution in [0, 0.1) is 0 Å². The van der Waals surface area contributed by atoms with Crippen LogP contribution in [-0.2, 0) is 9.05 Å². The zero-order valence-corrected chi connectivity index (χ0v) is 6.79. The molecule has 62 valence electrons. The Morgan fingerprint density at radius 2 is 1.90 bits per heavy atom. The lowest BCUT2D eigenvalue weighted by Gasteiger charge is -2.04. The summed E-state index contributed by atoms with van der Waals surface area (Å²) in [6.45, 7) is 1.15. The van der Waals surface area contributed by atoms with Crippen molar-refractivity contribution in [2.45, 2.75) is 25.0 Å². The molecule has 0 saturated heterocycles. The molecule has 2 nitrogen and oxygen atoms in total. The Kier molecular flexibility index (Phi) is 3.51. The summed E-state index contributed by atoms with van der Waals surface area (Å²) in [5, 5.41) is -1.17. The van der Waals surface area contributed by atoms with Crippen molar-refractivity contribution in [1.29, 1.82) is 0 Å². The van der Waals surface area contributed by atoms with E-state index in [1.54, 1.807) is 0 Å². The minimum absolute atomic E-state index is 0.703. The molecule has 6 heteroatoms. The summed E-state index contributed by atoms with van der Waals surface area (Å²) in [6.07, 6.45) is -3.32. The van der Waals surface area contributed by atoms with Crippen molar-refractivity contribution in [2.75, 3.05) is 0 Å². The van der Waals surface area contributed by atoms with E-state index in [2.05, 4.69) is 0 Å². The zero-order valence-electron chi connectivity index (χ0n) is 5.22. The van der Waals surface area contributed by atoms with Gasteiger partial charge in [0.2, 0.25) is 15.5 Å². The fraction of sp³-hybridized carbons (Fsp3) is 1.00. The second-order valence-corrected chi connectivity index (χ2v) is 4.96. The highest BCUT2D eigenvalue weighted by atomic mass is 35.7. The molecule has 0 amide bonds. The van der Waals surface area contributed by atoms with Crippen LogP contribution in [0.1, 0.15) is 13.3 Å². The molecule has 1 unspecified atom stereocenters. The molecule has 0 aromatic rings. The Labute approximate surface area is 62.6 Å². The number of halogens is 3. The first-order valence-electron chi connectivity index (χ1n) is 2.55. The molecular weight excluding hydrogens is 186 g/mol. The Morgan fingerprint density at radius 3 is 2.00 bits per heavy atom. The van der Waals surface area contributed by atoms with Crippen LogP contribution in [0.15, 0.2) is 0 Å². The van der Waals surface area contributed by atoms with Gasteiger partial charge in [-0.3, -0.25) is 0 Å². The predicted molar refractivity (Wildman–Crippen MR) is 34.9 cm³/mol. The minimum Gasteiger partial charge on any atom is -0.212 e. The van der Waals surface area contributed by atoms with Crippen LogP contribution in [0.2, 0.25) is 0 Å². The fourth-order valence-corrected chi connectivity index (χ4v) is 0.959. The van der Waals surface area contributed by atoms with E-state index in [1.165, 1.54) is 0 Å². The van der Waals surface area contributed by atoms with E-state index in [-0.39, 0.29) is 0 Å². The number of rotatable bonds is 3. The number of alkyl halides is 2. The summed E-state index contributed by atoms with van der Waals surface area (Å²) in [5.41, 5.74) is 0. The smallest absolute Gasteiger partial charge is 0.212 e. The molecule has 0 rings (SSSR count). The lowest BCUT2D eigenvalue weighted by molar-refractivity contribution is 0.137. The predicted octanol–water partition coefficient (Wildman–Crippen LogP) is 1.60. The standard InChI is InChI=1S/C4H7ClF2O2S/c1-3(2-4(6)7)10(5,8)9/h3-4H,2H2,1H3. The molecule has 0 N–H and O–H groups in total. The Morgan fingerprint density at radius 1 is 1.50 bits per heavy atom. The first-order chi connectivity index (χ1) is 4.34. The first kappa shape index (κ1) is 10.1. The van der Waals surface area contributed by atoms with E-state index in [1.807, 2.05) is 0 Å². The van der Waals surface area contributed by atoms with E-state index in [0.717, 1.165) is 6.92 Å². The summed E-state index contributed by atoms with van der Waals surface area (Å²) < 4.78 is 43.6. The van der Waals surface area contributed by atoms with Crippen LogP contribution < -0.4 is 0 Å². The van der Waals surface area contributed by atoms with Crippen molar-refractivity contribution < 1.29 is 17.2 Å². The Balaban J connectivity index is 3.99. The highest BCUT2D eigenvalue weighted by molar-refractivity contribution is 8.14. The topological polar surface area (TPSA) is 34.1 Å². The van der Waals surface area contributed by atoms with Gasteiger partial charge in [0.25, 0.3) is 0 Å². The lowest BCUT2D eigenvalue weighted by Crippen LogP contribution is -2.15. The highest BCUT2D eigenvalue weighted by Crippen LogP contribution is 2.14. The van der Waals surface area contributed by atoms with Crippen molar-refractivity contribution in [3.05, 3.63) is 0 Å². The monoisotopic (exact) mass is 192 g/mol. The second kappa shape index (κ2) is 3.48. The van der Waals surface area contributed by atoms with E-state index in [0.29, 0.717) is 0 Å². The molecule has 0 aromatic heterocycles. The quantitative estimate of drug-likeness (QED) is 0.637. The lowest BCUT2D eigenvalue weighted by atomic mass is 10.3. The Bertz CT molecular complexity index is 189. The average Bonchev–Trinajstić information content (AvgIpc) is 1.60. The summed E-state index contributed by atoms with van der Waals surface area (Å²) >= 11 is 0. The van der Waals surface area contributed by atoms with Crippen LogP contribution in [0.5, 0.6) is 0 Å². The molecule has 0 bridgehead atoms. The van der Waals surface area contributed by atoms with Gasteiger partial charge in [0.1, 0.15) is 0 Å². The third-order valence-electron chi connectivity index (χ3n) is 0.991.